The second kappa shape index (κ2) is 6.12. The summed E-state index contributed by atoms with van der Waals surface area (Å²) in [4.78, 5) is 19.2. The van der Waals surface area contributed by atoms with Crippen LogP contribution in [-0.4, -0.2) is 37.8 Å². The monoisotopic (exact) mass is 356 g/mol. The molecule has 1 aromatic carbocycles. The fraction of sp³-hybridized carbons (Fsp3) is 0.389. The molecule has 1 atom stereocenters. The predicted molar refractivity (Wildman–Crippen MR) is 97.6 cm³/mol. The zero-order valence-corrected chi connectivity index (χ0v) is 15.0. The van der Waals surface area contributed by atoms with Gasteiger partial charge in [0.05, 0.1) is 11.2 Å². The van der Waals surface area contributed by atoms with Crippen LogP contribution in [-0.2, 0) is 18.9 Å². The van der Waals surface area contributed by atoms with Crippen molar-refractivity contribution in [3.8, 4) is 0 Å². The Hall–Kier alpha value is -2.90. The molecule has 3 aromatic rings. The average molecular weight is 356 g/mol. The first-order chi connectivity index (χ1) is 12.5. The maximum Gasteiger partial charge on any atom is 0.250 e. The van der Waals surface area contributed by atoms with Gasteiger partial charge in [0.25, 0.3) is 5.91 Å². The van der Waals surface area contributed by atoms with E-state index in [0.717, 1.165) is 17.9 Å². The smallest absolute Gasteiger partial charge is 0.250 e. The van der Waals surface area contributed by atoms with Gasteiger partial charge < -0.3 is 9.88 Å². The van der Waals surface area contributed by atoms with Gasteiger partial charge in [-0.05, 0) is 31.9 Å². The van der Waals surface area contributed by atoms with E-state index < -0.39 is 6.04 Å². The van der Waals surface area contributed by atoms with Gasteiger partial charge in [-0.25, -0.2) is 9.37 Å². The van der Waals surface area contributed by atoms with Gasteiger partial charge in [0.1, 0.15) is 23.2 Å². The molecule has 0 bridgehead atoms. The molecule has 1 unspecified atom stereocenters. The number of carbonyl (C=O) groups excluding carboxylic acids is 1. The summed E-state index contributed by atoms with van der Waals surface area (Å²) in [5.41, 5.74) is 1.87. The molecule has 2 aromatic heterocycles. The third-order valence-corrected chi connectivity index (χ3v) is 4.84. The van der Waals surface area contributed by atoms with Gasteiger partial charge in [-0.2, -0.15) is 5.10 Å². The summed E-state index contributed by atoms with van der Waals surface area (Å²) in [5, 5.41) is 7.53. The molecule has 1 fully saturated rings. The topological polar surface area (TPSA) is 68.0 Å². The second-order valence-corrected chi connectivity index (χ2v) is 6.70. The molecule has 1 N–H and O–H groups in total. The van der Waals surface area contributed by atoms with Crippen molar-refractivity contribution in [1.29, 1.82) is 0 Å². The number of piperidine rings is 1. The van der Waals surface area contributed by atoms with E-state index in [2.05, 4.69) is 15.4 Å². The lowest BCUT2D eigenvalue weighted by Crippen LogP contribution is -2.48. The van der Waals surface area contributed by atoms with Gasteiger partial charge >= 0.3 is 0 Å². The van der Waals surface area contributed by atoms with Crippen molar-refractivity contribution in [2.45, 2.75) is 25.8 Å². The minimum absolute atomic E-state index is 0.0215. The third-order valence-electron chi connectivity index (χ3n) is 4.84. The highest BCUT2D eigenvalue weighted by atomic mass is 19.1. The summed E-state index contributed by atoms with van der Waals surface area (Å²) in [7, 11) is 3.58. The number of fused-ring (bicyclic) bond motifs is 1. The lowest BCUT2D eigenvalue weighted by atomic mass is 10.0. The van der Waals surface area contributed by atoms with Crippen LogP contribution in [0.25, 0.3) is 11.0 Å². The molecule has 1 aliphatic heterocycles. The average Bonchev–Trinajstić information content (AvgIpc) is 3.10. The van der Waals surface area contributed by atoms with Crippen LogP contribution in [0.2, 0.25) is 0 Å². The first kappa shape index (κ1) is 16.6. The van der Waals surface area contributed by atoms with Crippen LogP contribution in [0.3, 0.4) is 0 Å². The van der Waals surface area contributed by atoms with Crippen molar-refractivity contribution in [3.05, 3.63) is 35.8 Å². The number of benzene rings is 1. The molecule has 0 aliphatic carbocycles. The lowest BCUT2D eigenvalue weighted by Gasteiger charge is -2.32. The summed E-state index contributed by atoms with van der Waals surface area (Å²) >= 11 is 0. The molecule has 1 amide bonds. The van der Waals surface area contributed by atoms with E-state index in [4.69, 9.17) is 0 Å². The second-order valence-electron chi connectivity index (χ2n) is 6.70. The van der Waals surface area contributed by atoms with E-state index in [1.165, 1.54) is 6.07 Å². The number of para-hydroxylation sites is 1. The lowest BCUT2D eigenvalue weighted by molar-refractivity contribution is -0.120. The number of anilines is 2. The maximum absolute atomic E-state index is 14.1. The quantitative estimate of drug-likeness (QED) is 0.782. The van der Waals surface area contributed by atoms with Crippen molar-refractivity contribution in [2.24, 2.45) is 14.1 Å². The van der Waals surface area contributed by atoms with Crippen molar-refractivity contribution in [3.63, 3.8) is 0 Å². The number of imidazole rings is 1. The van der Waals surface area contributed by atoms with Crippen molar-refractivity contribution >= 4 is 28.7 Å². The number of halogens is 1. The Morgan fingerprint density at radius 1 is 1.31 bits per heavy atom. The number of nitrogens with one attached hydrogen (secondary N) is 1. The van der Waals surface area contributed by atoms with E-state index in [0.29, 0.717) is 29.9 Å². The van der Waals surface area contributed by atoms with E-state index in [1.54, 1.807) is 33.3 Å². The van der Waals surface area contributed by atoms with E-state index in [9.17, 15) is 9.18 Å². The Kier molecular flexibility index (Phi) is 3.90. The first-order valence-corrected chi connectivity index (χ1v) is 8.65. The van der Waals surface area contributed by atoms with E-state index in [-0.39, 0.29) is 11.7 Å². The Bertz CT molecular complexity index is 991. The standard InChI is InChI=1S/C18H21FN6O/c1-11-10-15(24(3)22-11)25-9-5-8-14(17(25)26)21-18-20-13-7-4-6-12(19)16(13)23(18)2/h4,6-7,10,14H,5,8-9H2,1-3H3,(H,20,21). The summed E-state index contributed by atoms with van der Waals surface area (Å²) in [6, 6.07) is 6.30. The first-order valence-electron chi connectivity index (χ1n) is 8.65. The van der Waals surface area contributed by atoms with Crippen LogP contribution in [0.15, 0.2) is 24.3 Å². The SMILES string of the molecule is Cc1cc(N2CCCC(Nc3nc4cccc(F)c4n3C)C2=O)n(C)n1. The number of nitrogens with zero attached hydrogens (tertiary/aromatic N) is 5. The molecule has 1 saturated heterocycles. The molecule has 0 saturated carbocycles. The number of rotatable bonds is 3. The van der Waals surface area contributed by atoms with Crippen LogP contribution >= 0.6 is 0 Å². The minimum Gasteiger partial charge on any atom is -0.344 e. The Morgan fingerprint density at radius 2 is 2.12 bits per heavy atom. The van der Waals surface area contributed by atoms with Crippen molar-refractivity contribution < 1.29 is 9.18 Å². The van der Waals surface area contributed by atoms with Gasteiger partial charge in [0.2, 0.25) is 5.95 Å². The molecule has 8 heteroatoms. The third kappa shape index (κ3) is 2.61. The fourth-order valence-corrected chi connectivity index (χ4v) is 3.59. The van der Waals surface area contributed by atoms with Crippen LogP contribution < -0.4 is 10.2 Å². The largest absolute Gasteiger partial charge is 0.344 e. The fourth-order valence-electron chi connectivity index (χ4n) is 3.59. The highest BCUT2D eigenvalue weighted by Crippen LogP contribution is 2.25. The molecule has 26 heavy (non-hydrogen) atoms. The molecule has 3 heterocycles. The van der Waals surface area contributed by atoms with Gasteiger partial charge in [-0.1, -0.05) is 6.07 Å². The maximum atomic E-state index is 14.1. The Labute approximate surface area is 150 Å². The highest BCUT2D eigenvalue weighted by molar-refractivity contribution is 5.99. The van der Waals surface area contributed by atoms with Gasteiger partial charge in [-0.3, -0.25) is 14.4 Å². The number of aryl methyl sites for hydroxylation is 3. The zero-order valence-electron chi connectivity index (χ0n) is 15.0. The number of aromatic nitrogens is 4. The minimum atomic E-state index is -0.405. The van der Waals surface area contributed by atoms with Crippen LogP contribution in [0, 0.1) is 12.7 Å². The van der Waals surface area contributed by atoms with Gasteiger partial charge in [-0.15, -0.1) is 0 Å². The molecular weight excluding hydrogens is 335 g/mol. The molecule has 1 aliphatic rings. The predicted octanol–water partition coefficient (Wildman–Crippen LogP) is 2.36. The Morgan fingerprint density at radius 3 is 2.81 bits per heavy atom. The van der Waals surface area contributed by atoms with E-state index >= 15 is 0 Å². The Balaban J connectivity index is 1.62. The summed E-state index contributed by atoms with van der Waals surface area (Å²) in [6.45, 7) is 2.56. The van der Waals surface area contributed by atoms with Gasteiger partial charge in [0, 0.05) is 26.7 Å². The van der Waals surface area contributed by atoms with E-state index in [1.807, 2.05) is 20.0 Å². The molecular formula is C18H21FN6O. The normalized spacial score (nSPS) is 17.9. The van der Waals surface area contributed by atoms with Gasteiger partial charge in [0.15, 0.2) is 0 Å². The van der Waals surface area contributed by atoms with Crippen molar-refractivity contribution in [1.82, 2.24) is 19.3 Å². The summed E-state index contributed by atoms with van der Waals surface area (Å²) in [5.74, 6) is 0.931. The molecule has 4 rings (SSSR count). The molecule has 0 radical (unpaired) electrons. The molecule has 7 nitrogen and oxygen atoms in total. The number of hydrogen-bond donors (Lipinski definition) is 1. The summed E-state index contributed by atoms with van der Waals surface area (Å²) < 4.78 is 17.5. The van der Waals surface area contributed by atoms with Crippen LogP contribution in [0.4, 0.5) is 16.2 Å². The number of amides is 1. The van der Waals surface area contributed by atoms with Crippen LogP contribution in [0.1, 0.15) is 18.5 Å². The highest BCUT2D eigenvalue weighted by Gasteiger charge is 2.32. The number of carbonyl (C=O) groups is 1. The molecule has 136 valence electrons. The summed E-state index contributed by atoms with van der Waals surface area (Å²) in [6.07, 6.45) is 1.57. The zero-order chi connectivity index (χ0) is 18.4. The molecule has 0 spiro atoms. The van der Waals surface area contributed by atoms with Crippen LogP contribution in [0.5, 0.6) is 0 Å². The number of hydrogen-bond acceptors (Lipinski definition) is 4. The van der Waals surface area contributed by atoms with Crippen molar-refractivity contribution in [2.75, 3.05) is 16.8 Å².